The van der Waals surface area contributed by atoms with Gasteiger partial charge in [-0.2, -0.15) is 0 Å². The zero-order valence-electron chi connectivity index (χ0n) is 11.6. The second-order valence-electron chi connectivity index (χ2n) is 5.63. The van der Waals surface area contributed by atoms with E-state index in [1.54, 1.807) is 0 Å². The molecule has 4 nitrogen and oxygen atoms in total. The average Bonchev–Trinajstić information content (AvgIpc) is 2.35. The van der Waals surface area contributed by atoms with Crippen LogP contribution in [-0.2, 0) is 4.79 Å². The molecular formula is C13H27N3O. The standard InChI is InChI=1S/C13H27N3O/c1-9-6-5-7-12(8-9)16(4)11(3)10(2)13(17)15-14/h9-12H,5-8,14H2,1-4H3,(H,15,17). The van der Waals surface area contributed by atoms with Crippen molar-refractivity contribution in [1.29, 1.82) is 0 Å². The molecule has 4 unspecified atom stereocenters. The number of hydrazine groups is 1. The summed E-state index contributed by atoms with van der Waals surface area (Å²) in [4.78, 5) is 13.9. The lowest BCUT2D eigenvalue weighted by atomic mass is 9.85. The van der Waals surface area contributed by atoms with Gasteiger partial charge in [-0.05, 0) is 32.7 Å². The van der Waals surface area contributed by atoms with E-state index in [1.165, 1.54) is 25.7 Å². The highest BCUT2D eigenvalue weighted by Crippen LogP contribution is 2.28. The molecule has 4 heteroatoms. The third-order valence-corrected chi connectivity index (χ3v) is 4.41. The van der Waals surface area contributed by atoms with Gasteiger partial charge in [-0.1, -0.05) is 26.7 Å². The fraction of sp³-hybridized carbons (Fsp3) is 0.923. The zero-order chi connectivity index (χ0) is 13.0. The normalized spacial score (nSPS) is 28.8. The Balaban J connectivity index is 2.55. The van der Waals surface area contributed by atoms with Crippen molar-refractivity contribution in [3.8, 4) is 0 Å². The first-order chi connectivity index (χ1) is 7.97. The van der Waals surface area contributed by atoms with E-state index in [4.69, 9.17) is 5.84 Å². The van der Waals surface area contributed by atoms with Crippen LogP contribution in [0.2, 0.25) is 0 Å². The topological polar surface area (TPSA) is 58.4 Å². The van der Waals surface area contributed by atoms with Crippen molar-refractivity contribution in [3.05, 3.63) is 0 Å². The number of hydrogen-bond acceptors (Lipinski definition) is 3. The Hall–Kier alpha value is -0.610. The van der Waals surface area contributed by atoms with Crippen molar-refractivity contribution < 1.29 is 4.79 Å². The maximum Gasteiger partial charge on any atom is 0.238 e. The van der Waals surface area contributed by atoms with E-state index in [0.717, 1.165) is 5.92 Å². The van der Waals surface area contributed by atoms with Gasteiger partial charge in [0.25, 0.3) is 0 Å². The minimum Gasteiger partial charge on any atom is -0.300 e. The molecule has 17 heavy (non-hydrogen) atoms. The Morgan fingerprint density at radius 1 is 1.41 bits per heavy atom. The second-order valence-corrected chi connectivity index (χ2v) is 5.63. The fourth-order valence-electron chi connectivity index (χ4n) is 2.81. The predicted octanol–water partition coefficient (Wildman–Crippen LogP) is 1.51. The summed E-state index contributed by atoms with van der Waals surface area (Å²) in [6.45, 7) is 6.37. The highest BCUT2D eigenvalue weighted by Gasteiger charge is 2.29. The number of nitrogens with zero attached hydrogens (tertiary/aromatic N) is 1. The second kappa shape index (κ2) is 6.36. The quantitative estimate of drug-likeness (QED) is 0.445. The SMILES string of the molecule is CC1CCCC(N(C)C(C)C(C)C(=O)NN)C1. The van der Waals surface area contributed by atoms with Crippen LogP contribution in [0.15, 0.2) is 0 Å². The number of rotatable bonds is 4. The molecule has 0 aromatic rings. The van der Waals surface area contributed by atoms with Gasteiger partial charge in [0.05, 0.1) is 5.92 Å². The molecule has 0 spiro atoms. The summed E-state index contributed by atoms with van der Waals surface area (Å²) in [6, 6.07) is 0.843. The Morgan fingerprint density at radius 3 is 2.59 bits per heavy atom. The molecule has 4 atom stereocenters. The molecule has 1 rings (SSSR count). The smallest absolute Gasteiger partial charge is 0.238 e. The van der Waals surface area contributed by atoms with Crippen LogP contribution in [0.4, 0.5) is 0 Å². The predicted molar refractivity (Wildman–Crippen MR) is 70.1 cm³/mol. The third kappa shape index (κ3) is 3.68. The van der Waals surface area contributed by atoms with Crippen molar-refractivity contribution >= 4 is 5.91 Å². The van der Waals surface area contributed by atoms with Crippen LogP contribution in [0.1, 0.15) is 46.5 Å². The summed E-state index contributed by atoms with van der Waals surface area (Å²) in [7, 11) is 2.13. The summed E-state index contributed by atoms with van der Waals surface area (Å²) in [5.41, 5.74) is 2.25. The number of carbonyl (C=O) groups is 1. The number of carbonyl (C=O) groups excluding carboxylic acids is 1. The molecule has 1 aliphatic carbocycles. The molecule has 3 N–H and O–H groups in total. The highest BCUT2D eigenvalue weighted by molar-refractivity contribution is 5.78. The van der Waals surface area contributed by atoms with Crippen molar-refractivity contribution in [2.24, 2.45) is 17.7 Å². The molecule has 0 radical (unpaired) electrons. The van der Waals surface area contributed by atoms with Crippen LogP contribution in [0.5, 0.6) is 0 Å². The lowest BCUT2D eigenvalue weighted by Gasteiger charge is -2.39. The summed E-state index contributed by atoms with van der Waals surface area (Å²) in [5, 5.41) is 0. The van der Waals surface area contributed by atoms with Crippen LogP contribution >= 0.6 is 0 Å². The lowest BCUT2D eigenvalue weighted by molar-refractivity contribution is -0.126. The molecule has 100 valence electrons. The van der Waals surface area contributed by atoms with E-state index in [1.807, 2.05) is 6.92 Å². The molecular weight excluding hydrogens is 214 g/mol. The van der Waals surface area contributed by atoms with Crippen LogP contribution < -0.4 is 11.3 Å². The number of amides is 1. The van der Waals surface area contributed by atoms with Gasteiger partial charge in [0.2, 0.25) is 5.91 Å². The summed E-state index contributed by atoms with van der Waals surface area (Å²) in [5.74, 6) is 5.86. The molecule has 0 heterocycles. The van der Waals surface area contributed by atoms with E-state index in [9.17, 15) is 4.79 Å². The molecule has 1 fully saturated rings. The van der Waals surface area contributed by atoms with Gasteiger partial charge in [0, 0.05) is 12.1 Å². The minimum absolute atomic E-state index is 0.0674. The van der Waals surface area contributed by atoms with Gasteiger partial charge in [-0.3, -0.25) is 15.1 Å². The maximum atomic E-state index is 11.5. The van der Waals surface area contributed by atoms with E-state index >= 15 is 0 Å². The van der Waals surface area contributed by atoms with Crippen LogP contribution in [0, 0.1) is 11.8 Å². The lowest BCUT2D eigenvalue weighted by Crippen LogP contribution is -2.49. The van der Waals surface area contributed by atoms with Gasteiger partial charge < -0.3 is 0 Å². The third-order valence-electron chi connectivity index (χ3n) is 4.41. The summed E-state index contributed by atoms with van der Waals surface area (Å²) in [6.07, 6.45) is 5.15. The van der Waals surface area contributed by atoms with Crippen molar-refractivity contribution in [2.45, 2.75) is 58.5 Å². The largest absolute Gasteiger partial charge is 0.300 e. The molecule has 1 aliphatic rings. The van der Waals surface area contributed by atoms with Gasteiger partial charge in [0.15, 0.2) is 0 Å². The maximum absolute atomic E-state index is 11.5. The Kier molecular flexibility index (Phi) is 5.40. The van der Waals surface area contributed by atoms with Gasteiger partial charge >= 0.3 is 0 Å². The molecule has 1 saturated carbocycles. The summed E-state index contributed by atoms with van der Waals surface area (Å²) < 4.78 is 0. The first-order valence-electron chi connectivity index (χ1n) is 6.69. The van der Waals surface area contributed by atoms with Gasteiger partial charge in [0.1, 0.15) is 0 Å². The molecule has 0 saturated heterocycles. The number of nitrogens with two attached hydrogens (primary N) is 1. The van der Waals surface area contributed by atoms with Crippen LogP contribution in [0.25, 0.3) is 0 Å². The Morgan fingerprint density at radius 2 is 2.06 bits per heavy atom. The van der Waals surface area contributed by atoms with Crippen molar-refractivity contribution in [1.82, 2.24) is 10.3 Å². The van der Waals surface area contributed by atoms with Gasteiger partial charge in [-0.15, -0.1) is 0 Å². The Bertz CT molecular complexity index is 257. The zero-order valence-corrected chi connectivity index (χ0v) is 11.6. The summed E-state index contributed by atoms with van der Waals surface area (Å²) >= 11 is 0. The molecule has 0 aliphatic heterocycles. The van der Waals surface area contributed by atoms with Crippen molar-refractivity contribution in [2.75, 3.05) is 7.05 Å². The first-order valence-corrected chi connectivity index (χ1v) is 6.69. The molecule has 0 aromatic carbocycles. The van der Waals surface area contributed by atoms with E-state index in [-0.39, 0.29) is 17.9 Å². The van der Waals surface area contributed by atoms with Gasteiger partial charge in [-0.25, -0.2) is 5.84 Å². The number of nitrogens with one attached hydrogen (secondary N) is 1. The minimum atomic E-state index is -0.0757. The van der Waals surface area contributed by atoms with E-state index < -0.39 is 0 Å². The van der Waals surface area contributed by atoms with Crippen molar-refractivity contribution in [3.63, 3.8) is 0 Å². The van der Waals surface area contributed by atoms with Crippen LogP contribution in [-0.4, -0.2) is 29.9 Å². The van der Waals surface area contributed by atoms with Crippen LogP contribution in [0.3, 0.4) is 0 Å². The fourth-order valence-corrected chi connectivity index (χ4v) is 2.81. The van der Waals surface area contributed by atoms with E-state index in [2.05, 4.69) is 31.2 Å². The molecule has 0 bridgehead atoms. The molecule has 0 aromatic heterocycles. The first kappa shape index (κ1) is 14.5. The monoisotopic (exact) mass is 241 g/mol. The molecule has 1 amide bonds. The van der Waals surface area contributed by atoms with E-state index in [0.29, 0.717) is 6.04 Å². The average molecular weight is 241 g/mol. The Labute approximate surface area is 105 Å². The highest BCUT2D eigenvalue weighted by atomic mass is 16.2. The number of hydrogen-bond donors (Lipinski definition) is 2.